The molecule has 0 aromatic carbocycles. The normalized spacial score (nSPS) is 4.41. The third kappa shape index (κ3) is 1260. The Kier molecular flexibility index (Phi) is 343. The summed E-state index contributed by atoms with van der Waals surface area (Å²) < 4.78 is 15.1. The first-order valence-corrected chi connectivity index (χ1v) is 7.13. The number of nitrogens with zero attached hydrogens (tertiary/aromatic N) is 4. The van der Waals surface area contributed by atoms with E-state index < -0.39 is 30.4 Å². The minimum atomic E-state index is -1.33. The van der Waals surface area contributed by atoms with Gasteiger partial charge in [-0.25, -0.2) is 0 Å². The maximum absolute atomic E-state index is 9.26. The Balaban J connectivity index is -0.0000000141. The van der Waals surface area contributed by atoms with Crippen molar-refractivity contribution in [2.75, 3.05) is 35.5 Å². The second-order valence-corrected chi connectivity index (χ2v) is 2.66. The molecule has 0 aromatic heterocycles. The van der Waals surface area contributed by atoms with E-state index in [1.807, 2.05) is 0 Å². The topological polar surface area (TPSA) is 474 Å². The Hall–Kier alpha value is -0.691. The summed E-state index contributed by atoms with van der Waals surface area (Å²) in [5, 5.41) is 34.1. The van der Waals surface area contributed by atoms with Crippen molar-refractivity contribution < 1.29 is 236 Å². The van der Waals surface area contributed by atoms with Gasteiger partial charge in [-0.15, -0.1) is 0 Å². The number of aliphatic hydroxyl groups is 1. The van der Waals surface area contributed by atoms with Crippen molar-refractivity contribution in [1.82, 2.24) is 0 Å². The van der Waals surface area contributed by atoms with E-state index in [2.05, 4.69) is 18.9 Å². The molecule has 5 radical (unpaired) electrons. The molecule has 0 aromatic rings. The smallest absolute Gasteiger partial charge is 0.226 e. The van der Waals surface area contributed by atoms with Crippen molar-refractivity contribution in [1.29, 1.82) is 0 Å². The number of aliphatic hydroxyl groups excluding tert-OH is 1. The molecule has 0 bridgehead atoms. The third-order valence-electron chi connectivity index (χ3n) is 0.742. The van der Waals surface area contributed by atoms with E-state index in [0.29, 0.717) is 24.3 Å². The molecule has 25 nitrogen and oxygen atoms in total. The molecule has 0 saturated carbocycles. The number of methoxy groups -OCH3 is 4. The summed E-state index contributed by atoms with van der Waals surface area (Å²) in [6.45, 7) is 0. The van der Waals surface area contributed by atoms with Crippen LogP contribution in [0.25, 0.3) is 56.0 Å². The number of carbonyl (C=O) groups excluding carboxylic acids is 9. The molecule has 9 N–H and O–H groups in total. The molecule has 0 saturated heterocycles. The molecule has 0 fully saturated rings. The van der Waals surface area contributed by atoms with Crippen molar-refractivity contribution in [3.05, 3.63) is 56.0 Å². The fraction of sp³-hybridized carbons (Fsp3) is 0.357. The standard InChI is InChI=1S/4C2H5NO2.CH3N2O.4CNO.CH4O.H2O.5Y/c4*1-5-2(3)4;2-1(3)4;4*2-1-3;1-2;;;;;;/h4*1H3,(H2,3,4);(H3-,2,3,4);;;;;2H,1H3;1H2;;;;;/q;;;;5*-1;;;;;;;/p-5. The monoisotopic (exact) mass is 1020 g/mol. The van der Waals surface area contributed by atoms with Crippen LogP contribution in [-0.2, 0) is 202 Å². The average Bonchev–Trinajstić information content (AvgIpc) is 2.83. The average molecular weight is 1020 g/mol. The second-order valence-electron chi connectivity index (χ2n) is 2.66. The molecule has 0 aliphatic carbocycles. The van der Waals surface area contributed by atoms with Crippen LogP contribution in [0.1, 0.15) is 0 Å². The summed E-state index contributed by atoms with van der Waals surface area (Å²) in [5.74, 6) is 0. The Morgan fingerprint density at radius 3 is 0.477 bits per heavy atom. The van der Waals surface area contributed by atoms with E-state index in [0.717, 1.165) is 35.5 Å². The molecule has 0 spiro atoms. The zero-order valence-corrected chi connectivity index (χ0v) is 37.6. The summed E-state index contributed by atoms with van der Waals surface area (Å²) in [5.41, 5.74) is 35.1. The molecule has 0 aliphatic heterocycles. The number of urea groups is 1. The predicted octanol–water partition coefficient (Wildman–Crippen LogP) is 2.77. The fourth-order valence-corrected chi connectivity index (χ4v) is 0. The van der Waals surface area contributed by atoms with E-state index in [9.17, 15) is 19.2 Å². The van der Waals surface area contributed by atoms with Crippen molar-refractivity contribution in [2.45, 2.75) is 0 Å². The van der Waals surface area contributed by atoms with Crippen LogP contribution in [0.15, 0.2) is 0 Å². The number of rotatable bonds is 0. The van der Waals surface area contributed by atoms with Gasteiger partial charge in [0, 0.05) is 171 Å². The first-order chi connectivity index (χ1) is 17.5. The van der Waals surface area contributed by atoms with Crippen LogP contribution in [0.5, 0.6) is 0 Å². The molecule has 44 heavy (non-hydrogen) atoms. The van der Waals surface area contributed by atoms with E-state index in [1.54, 1.807) is 0 Å². The van der Waals surface area contributed by atoms with Gasteiger partial charge in [-0.3, -0.25) is 38.4 Å². The Labute approximate surface area is 376 Å². The summed E-state index contributed by atoms with van der Waals surface area (Å²) in [7, 11) is 5.65. The van der Waals surface area contributed by atoms with Gasteiger partial charge in [0.15, 0.2) is 0 Å². The van der Waals surface area contributed by atoms with Crippen molar-refractivity contribution >= 4 is 54.7 Å². The number of nitrogens with one attached hydrogen (secondary N) is 6. The SMILES string of the molecule is CO.COC([NH-])=O.COC([NH-])=O.COC([NH-])=O.COC([NH-])=O.O.[N-]=C=O.[N-]=C=O.[N-]=C=O.[N-]=C=O.[NH-]C([NH-])=O.[Y].[Y].[Y].[Y].[Y]. The van der Waals surface area contributed by atoms with Gasteiger partial charge in [0.05, 0.1) is 28.4 Å². The first kappa shape index (κ1) is 104. The first-order valence-electron chi connectivity index (χ1n) is 7.13. The second kappa shape index (κ2) is 145. The van der Waals surface area contributed by atoms with Gasteiger partial charge >= 0.3 is 0 Å². The van der Waals surface area contributed by atoms with Crippen LogP contribution < -0.4 is 0 Å². The molecule has 6 amide bonds. The minimum Gasteiger partial charge on any atom is -0.724 e. The van der Waals surface area contributed by atoms with Crippen LogP contribution in [0.4, 0.5) is 24.0 Å². The zero-order chi connectivity index (χ0) is 33.5. The van der Waals surface area contributed by atoms with Gasteiger partial charge in [-0.05, 0) is 30.4 Å². The molecular formula is C14H24N10O15Y5-10. The van der Waals surface area contributed by atoms with Gasteiger partial charge in [0.2, 0.25) is 24.4 Å². The summed E-state index contributed by atoms with van der Waals surface area (Å²) >= 11 is 0. The molecular weight excluding hydrogens is 993 g/mol. The largest absolute Gasteiger partial charge is 0.724 e. The Morgan fingerprint density at radius 1 is 0.455 bits per heavy atom. The van der Waals surface area contributed by atoms with Gasteiger partial charge in [-0.1, -0.05) is 0 Å². The van der Waals surface area contributed by atoms with Crippen LogP contribution in [0.3, 0.4) is 0 Å². The van der Waals surface area contributed by atoms with Gasteiger partial charge in [0.25, 0.3) is 0 Å². The molecule has 0 aliphatic rings. The van der Waals surface area contributed by atoms with Crippen LogP contribution >= 0.6 is 0 Å². The molecule has 0 atom stereocenters. The van der Waals surface area contributed by atoms with Crippen LogP contribution in [0, 0.1) is 0 Å². The van der Waals surface area contributed by atoms with E-state index in [4.69, 9.17) is 85.1 Å². The number of hydrogen-bond acceptors (Lipinski definition) is 14. The fourth-order valence-electron chi connectivity index (χ4n) is 0. The van der Waals surface area contributed by atoms with Gasteiger partial charge in [0.1, 0.15) is 0 Å². The number of ether oxygens (including phenoxy) is 4. The summed E-state index contributed by atoms with van der Waals surface area (Å²) in [4.78, 5) is 78.8. The van der Waals surface area contributed by atoms with Crippen molar-refractivity contribution in [3.8, 4) is 0 Å². The quantitative estimate of drug-likeness (QED) is 0.207. The maximum Gasteiger partial charge on any atom is 0.226 e. The molecule has 245 valence electrons. The van der Waals surface area contributed by atoms with Crippen molar-refractivity contribution in [2.24, 2.45) is 0 Å². The van der Waals surface area contributed by atoms with E-state index >= 15 is 0 Å². The Morgan fingerprint density at radius 2 is 0.477 bits per heavy atom. The summed E-state index contributed by atoms with van der Waals surface area (Å²) in [6.07, 6.45) is -1.98. The number of hydrogen-bond donors (Lipinski definition) is 1. The molecule has 30 heteroatoms. The van der Waals surface area contributed by atoms with E-state index in [1.165, 1.54) is 0 Å². The third-order valence-corrected chi connectivity index (χ3v) is 0.742. The Bertz CT molecular complexity index is 595. The predicted molar refractivity (Wildman–Crippen MR) is 129 cm³/mol. The molecule has 0 heterocycles. The van der Waals surface area contributed by atoms with Crippen LogP contribution in [-0.4, -0.2) is 101 Å². The molecule has 0 unspecified atom stereocenters. The summed E-state index contributed by atoms with van der Waals surface area (Å²) in [6, 6.07) is -1.33. The van der Waals surface area contributed by atoms with Crippen molar-refractivity contribution in [3.63, 3.8) is 0 Å². The maximum atomic E-state index is 9.26. The number of amides is 6. The number of carbonyl (C=O) groups is 5. The van der Waals surface area contributed by atoms with Gasteiger partial charge in [-0.2, -0.15) is 0 Å². The minimum absolute atomic E-state index is 0. The molecule has 0 rings (SSSR count). The van der Waals surface area contributed by atoms with Gasteiger partial charge < -0.3 is 90.4 Å². The zero-order valence-electron chi connectivity index (χ0n) is 23.4. The number of isocyanates is 4. The van der Waals surface area contributed by atoms with E-state index in [-0.39, 0.29) is 169 Å². The van der Waals surface area contributed by atoms with Crippen LogP contribution in [0.2, 0.25) is 0 Å².